The van der Waals surface area contributed by atoms with E-state index >= 15 is 0 Å². The van der Waals surface area contributed by atoms with E-state index in [2.05, 4.69) is 25.8 Å². The normalized spacial score (nSPS) is 11.6. The van der Waals surface area contributed by atoms with Crippen LogP contribution in [0.15, 0.2) is 30.7 Å². The highest BCUT2D eigenvalue weighted by Crippen LogP contribution is 2.29. The fraction of sp³-hybridized carbons (Fsp3) is 0.125. The summed E-state index contributed by atoms with van der Waals surface area (Å²) in [6.07, 6.45) is 0. The topological polar surface area (TPSA) is 72.2 Å². The molecule has 2 aromatic rings. The van der Waals surface area contributed by atoms with Crippen LogP contribution in [0.3, 0.4) is 0 Å². The number of hydrogen-bond acceptors (Lipinski definition) is 5. The third-order valence-electron chi connectivity index (χ3n) is 1.70. The van der Waals surface area contributed by atoms with Crippen LogP contribution in [-0.4, -0.2) is 13.6 Å². The smallest absolute Gasteiger partial charge is 0.273 e. The van der Waals surface area contributed by atoms with Crippen molar-refractivity contribution in [2.24, 2.45) is 0 Å². The van der Waals surface area contributed by atoms with Crippen molar-refractivity contribution in [2.75, 3.05) is 4.72 Å². The van der Waals surface area contributed by atoms with E-state index in [1.54, 1.807) is 18.4 Å². The number of aromatic nitrogens is 1. The zero-order valence-corrected chi connectivity index (χ0v) is 11.3. The lowest BCUT2D eigenvalue weighted by Crippen LogP contribution is -2.12. The summed E-state index contributed by atoms with van der Waals surface area (Å²) in [6.45, 7) is 1.69. The van der Waals surface area contributed by atoms with Gasteiger partial charge in [-0.05, 0) is 34.3 Å². The van der Waals surface area contributed by atoms with Crippen molar-refractivity contribution in [2.45, 2.75) is 11.1 Å². The highest BCUT2D eigenvalue weighted by atomic mass is 79.9. The highest BCUT2D eigenvalue weighted by Gasteiger charge is 2.20. The Hall–Kier alpha value is -0.860. The molecule has 0 saturated carbocycles. The minimum absolute atomic E-state index is 0.179. The van der Waals surface area contributed by atoms with Gasteiger partial charge in [-0.2, -0.15) is 0 Å². The SMILES string of the molecule is Cc1cc(NS(=O)(=O)c2sccc2Br)no1. The van der Waals surface area contributed by atoms with Gasteiger partial charge in [-0.25, -0.2) is 8.42 Å². The molecule has 0 aromatic carbocycles. The van der Waals surface area contributed by atoms with Crippen LogP contribution in [0.4, 0.5) is 5.82 Å². The standard InChI is InChI=1S/C8H7BrN2O3S2/c1-5-4-7(10-14-5)11-16(12,13)8-6(9)2-3-15-8/h2-4H,1H3,(H,10,11). The predicted molar refractivity (Wildman–Crippen MR) is 64.1 cm³/mol. The van der Waals surface area contributed by atoms with Crippen molar-refractivity contribution in [1.29, 1.82) is 0 Å². The molecule has 0 bridgehead atoms. The number of thiophene rings is 1. The van der Waals surface area contributed by atoms with Gasteiger partial charge in [0.1, 0.15) is 5.76 Å². The van der Waals surface area contributed by atoms with Crippen molar-refractivity contribution in [3.63, 3.8) is 0 Å². The zero-order chi connectivity index (χ0) is 11.8. The van der Waals surface area contributed by atoms with Crippen LogP contribution >= 0.6 is 27.3 Å². The number of halogens is 1. The Labute approximate surface area is 105 Å². The summed E-state index contributed by atoms with van der Waals surface area (Å²) < 4.78 is 31.6. The molecule has 0 aliphatic rings. The first-order chi connectivity index (χ1) is 7.49. The fourth-order valence-electron chi connectivity index (χ4n) is 1.07. The molecule has 2 rings (SSSR count). The van der Waals surface area contributed by atoms with Gasteiger partial charge in [-0.3, -0.25) is 4.72 Å². The maximum Gasteiger partial charge on any atom is 0.273 e. The van der Waals surface area contributed by atoms with Crippen molar-refractivity contribution >= 4 is 43.1 Å². The van der Waals surface area contributed by atoms with Gasteiger partial charge >= 0.3 is 0 Å². The van der Waals surface area contributed by atoms with E-state index in [4.69, 9.17) is 4.52 Å². The molecule has 0 aliphatic carbocycles. The summed E-state index contributed by atoms with van der Waals surface area (Å²) in [4.78, 5) is 0. The second kappa shape index (κ2) is 4.19. The molecule has 0 amide bonds. The van der Waals surface area contributed by atoms with Crippen LogP contribution in [0.2, 0.25) is 0 Å². The van der Waals surface area contributed by atoms with Gasteiger partial charge in [0.25, 0.3) is 10.0 Å². The lowest BCUT2D eigenvalue weighted by atomic mass is 10.5. The fourth-order valence-corrected chi connectivity index (χ4v) is 4.39. The van der Waals surface area contributed by atoms with E-state index in [1.807, 2.05) is 0 Å². The van der Waals surface area contributed by atoms with Gasteiger partial charge in [0.15, 0.2) is 10.0 Å². The second-order valence-corrected chi connectivity index (χ2v) is 6.63. The van der Waals surface area contributed by atoms with E-state index in [1.165, 1.54) is 6.07 Å². The Morgan fingerprint density at radius 1 is 1.56 bits per heavy atom. The lowest BCUT2D eigenvalue weighted by molar-refractivity contribution is 0.400. The number of nitrogens with zero attached hydrogens (tertiary/aromatic N) is 1. The van der Waals surface area contributed by atoms with Crippen LogP contribution < -0.4 is 4.72 Å². The quantitative estimate of drug-likeness (QED) is 0.942. The first-order valence-electron chi connectivity index (χ1n) is 4.18. The summed E-state index contributed by atoms with van der Waals surface area (Å²) in [7, 11) is -3.59. The minimum Gasteiger partial charge on any atom is -0.360 e. The Morgan fingerprint density at radius 2 is 2.31 bits per heavy atom. The maximum absolute atomic E-state index is 11.9. The van der Waals surface area contributed by atoms with Crippen LogP contribution in [0.25, 0.3) is 0 Å². The minimum atomic E-state index is -3.59. The lowest BCUT2D eigenvalue weighted by Gasteiger charge is -2.02. The largest absolute Gasteiger partial charge is 0.360 e. The molecule has 0 spiro atoms. The summed E-state index contributed by atoms with van der Waals surface area (Å²) in [5.74, 6) is 0.723. The van der Waals surface area contributed by atoms with E-state index in [9.17, 15) is 8.42 Å². The molecule has 0 saturated heterocycles. The first kappa shape index (κ1) is 11.6. The average Bonchev–Trinajstić information content (AvgIpc) is 2.74. The molecule has 0 radical (unpaired) electrons. The van der Waals surface area contributed by atoms with Crippen LogP contribution in [0, 0.1) is 6.92 Å². The van der Waals surface area contributed by atoms with Crippen LogP contribution in [0.5, 0.6) is 0 Å². The highest BCUT2D eigenvalue weighted by molar-refractivity contribution is 9.10. The molecule has 8 heteroatoms. The van der Waals surface area contributed by atoms with E-state index < -0.39 is 10.0 Å². The number of anilines is 1. The summed E-state index contributed by atoms with van der Waals surface area (Å²) >= 11 is 4.29. The number of aryl methyl sites for hydroxylation is 1. The average molecular weight is 323 g/mol. The number of nitrogens with one attached hydrogen (secondary N) is 1. The van der Waals surface area contributed by atoms with Gasteiger partial charge in [-0.15, -0.1) is 11.3 Å². The molecule has 5 nitrogen and oxygen atoms in total. The van der Waals surface area contributed by atoms with Gasteiger partial charge in [0.2, 0.25) is 0 Å². The van der Waals surface area contributed by atoms with Crippen molar-refractivity contribution in [3.8, 4) is 0 Å². The molecule has 2 heterocycles. The van der Waals surface area contributed by atoms with Gasteiger partial charge in [-0.1, -0.05) is 5.16 Å². The molecule has 86 valence electrons. The van der Waals surface area contributed by atoms with Gasteiger partial charge < -0.3 is 4.52 Å². The second-order valence-electron chi connectivity index (χ2n) is 2.98. The summed E-state index contributed by atoms with van der Waals surface area (Å²) in [5, 5.41) is 5.25. The number of sulfonamides is 1. The van der Waals surface area contributed by atoms with Gasteiger partial charge in [0.05, 0.1) is 0 Å². The molecular weight excluding hydrogens is 316 g/mol. The third kappa shape index (κ3) is 2.28. The predicted octanol–water partition coefficient (Wildman–Crippen LogP) is 2.61. The first-order valence-corrected chi connectivity index (χ1v) is 7.34. The van der Waals surface area contributed by atoms with E-state index in [0.29, 0.717) is 10.2 Å². The van der Waals surface area contributed by atoms with Gasteiger partial charge in [0, 0.05) is 10.5 Å². The Bertz CT molecular complexity index is 602. The van der Waals surface area contributed by atoms with Crippen LogP contribution in [-0.2, 0) is 10.0 Å². The monoisotopic (exact) mass is 322 g/mol. The van der Waals surface area contributed by atoms with E-state index in [-0.39, 0.29) is 10.0 Å². The molecule has 0 unspecified atom stereocenters. The molecule has 1 N–H and O–H groups in total. The maximum atomic E-state index is 11.9. The van der Waals surface area contributed by atoms with Crippen molar-refractivity contribution in [1.82, 2.24) is 5.16 Å². The summed E-state index contributed by atoms with van der Waals surface area (Å²) in [6, 6.07) is 3.19. The molecule has 16 heavy (non-hydrogen) atoms. The number of rotatable bonds is 3. The Kier molecular flexibility index (Phi) is 3.04. The third-order valence-corrected chi connectivity index (χ3v) is 5.72. The number of hydrogen-bond donors (Lipinski definition) is 1. The Morgan fingerprint density at radius 3 is 2.81 bits per heavy atom. The van der Waals surface area contributed by atoms with Crippen molar-refractivity contribution < 1.29 is 12.9 Å². The molecule has 0 fully saturated rings. The molecular formula is C8H7BrN2O3S2. The molecule has 0 atom stereocenters. The zero-order valence-electron chi connectivity index (χ0n) is 8.10. The molecule has 0 aliphatic heterocycles. The van der Waals surface area contributed by atoms with E-state index in [0.717, 1.165) is 11.3 Å². The summed E-state index contributed by atoms with van der Waals surface area (Å²) in [5.41, 5.74) is 0. The Balaban J connectivity index is 2.31. The van der Waals surface area contributed by atoms with Crippen LogP contribution in [0.1, 0.15) is 5.76 Å². The molecule has 2 aromatic heterocycles. The van der Waals surface area contributed by atoms with Crippen molar-refractivity contribution in [3.05, 3.63) is 27.7 Å².